The number of aromatic nitrogens is 2. The van der Waals surface area contributed by atoms with Crippen LogP contribution in [0.4, 0.5) is 34.1 Å². The molecule has 3 aliphatic heterocycles. The molecule has 0 saturated carbocycles. The molecule has 3 aliphatic rings. The van der Waals surface area contributed by atoms with Gasteiger partial charge >= 0.3 is 0 Å². The monoisotopic (exact) mass is 957 g/mol. The van der Waals surface area contributed by atoms with Crippen LogP contribution in [0, 0.1) is 6.92 Å². The lowest BCUT2D eigenvalue weighted by molar-refractivity contribution is 0.590. The molecule has 0 N–H and O–H groups in total. The predicted octanol–water partition coefficient (Wildman–Crippen LogP) is 16.0. The fourth-order valence-corrected chi connectivity index (χ4v) is 10.3. The average molecular weight is 957 g/mol. The molecule has 0 saturated heterocycles. The van der Waals surface area contributed by atoms with Crippen molar-refractivity contribution < 1.29 is 43.9 Å². The summed E-state index contributed by atoms with van der Waals surface area (Å²) in [6.07, 6.45) is 0. The van der Waals surface area contributed by atoms with Gasteiger partial charge in [-0.05, 0) is 151 Å². The van der Waals surface area contributed by atoms with Gasteiger partial charge in [0, 0.05) is 50.0 Å². The highest BCUT2D eigenvalue weighted by atomic mass is 15.2. The molecule has 4 nitrogen and oxygen atoms in total. The van der Waals surface area contributed by atoms with Crippen LogP contribution in [0.1, 0.15) is 102 Å². The molecule has 0 radical (unpaired) electrons. The number of hydrogen-bond donors (Lipinski definition) is 0. The molecule has 344 valence electrons. The molecule has 0 amide bonds. The van der Waals surface area contributed by atoms with Crippen LogP contribution in [-0.4, -0.2) is 15.8 Å². The van der Waals surface area contributed by atoms with Crippen molar-refractivity contribution in [3.63, 3.8) is 0 Å². The van der Waals surface area contributed by atoms with Crippen molar-refractivity contribution in [1.29, 1.82) is 0 Å². The Labute approximate surface area is 466 Å². The van der Waals surface area contributed by atoms with Gasteiger partial charge in [0.15, 0.2) is 0 Å². The van der Waals surface area contributed by atoms with Gasteiger partial charge < -0.3 is 18.9 Å². The first kappa shape index (κ1) is 20.8. The normalized spacial score (nSPS) is 19.9. The molecule has 15 rings (SSSR count). The minimum absolute atomic E-state index is 0.00407. The van der Waals surface area contributed by atoms with Crippen molar-refractivity contribution in [3.8, 4) is 22.5 Å². The van der Waals surface area contributed by atoms with Crippen LogP contribution in [0.5, 0.6) is 0 Å². The Morgan fingerprint density at radius 1 is 0.417 bits per heavy atom. The summed E-state index contributed by atoms with van der Waals surface area (Å²) in [7, 11) is 0. The molecule has 5 heterocycles. The summed E-state index contributed by atoms with van der Waals surface area (Å²) < 4.78 is 313. The van der Waals surface area contributed by atoms with Crippen molar-refractivity contribution in [2.75, 3.05) is 9.80 Å². The SMILES string of the molecule is [2H]c1c([2H])c2c3c(c1[2H])-n1c4c([2H])c([2H])c([2H])c([2H])c4c4c([2H])c([2H])c([2H])c(c41)N3c1c([2H])c(C)c([2H])c3c1B2c1c([2H])c([2H])c(-n2c4c([2H])c([2H])c(C(C)(C)C)c([2H])c4c4c([2H])c(C(C)(C)C)c([2H])c([2H])c42)c([2H])c1N3c1c([2H])c([2H])c(-c2c([2H])c([2H])c([2H])c3c([2H])c([2H])c([2H])c([2H])c23)c([2H])c1[2H]. The number of rotatable bonds is 3. The molecule has 0 bridgehead atoms. The molecular weight excluding hydrogens is 872 g/mol. The van der Waals surface area contributed by atoms with Crippen LogP contribution >= 0.6 is 0 Å². The third kappa shape index (κ3) is 5.65. The van der Waals surface area contributed by atoms with Crippen LogP contribution in [0.15, 0.2) is 193 Å². The van der Waals surface area contributed by atoms with Crippen molar-refractivity contribution in [2.24, 2.45) is 0 Å². The first-order chi connectivity index (χ1) is 48.3. The molecule has 0 atom stereocenters. The van der Waals surface area contributed by atoms with E-state index in [1.807, 2.05) is 0 Å². The average Bonchev–Trinajstić information content (AvgIpc) is 1.38. The zero-order valence-electron chi connectivity index (χ0n) is 71.4. The van der Waals surface area contributed by atoms with E-state index in [1.54, 1.807) is 41.5 Å². The van der Waals surface area contributed by atoms with Gasteiger partial charge in [0.25, 0.3) is 6.71 Å². The van der Waals surface area contributed by atoms with Crippen LogP contribution in [0.25, 0.3) is 76.9 Å². The number of para-hydroxylation sites is 3. The summed E-state index contributed by atoms with van der Waals surface area (Å²) in [4.78, 5) is 1.96. The van der Waals surface area contributed by atoms with Gasteiger partial charge in [-0.3, -0.25) is 0 Å². The first-order valence-corrected chi connectivity index (χ1v) is 23.0. The molecule has 0 unspecified atom stereocenters. The fraction of sp³-hybridized carbons (Fsp3) is 0.134. The second kappa shape index (κ2) is 14.4. The second-order valence-electron chi connectivity index (χ2n) is 20.1. The van der Waals surface area contributed by atoms with Crippen molar-refractivity contribution >= 4 is 112 Å². The molecule has 72 heavy (non-hydrogen) atoms. The lowest BCUT2D eigenvalue weighted by atomic mass is 9.33. The Bertz CT molecular complexity index is 6130. The predicted molar refractivity (Wildman–Crippen MR) is 308 cm³/mol. The number of nitrogens with zero attached hydrogens (tertiary/aromatic N) is 4. The van der Waals surface area contributed by atoms with Crippen LogP contribution < -0.4 is 26.2 Å². The van der Waals surface area contributed by atoms with Crippen molar-refractivity contribution in [3.05, 3.63) is 210 Å². The Kier molecular flexibility index (Phi) is 4.17. The maximum atomic E-state index is 11.1. The summed E-state index contributed by atoms with van der Waals surface area (Å²) in [6, 6.07) is -26.6. The van der Waals surface area contributed by atoms with E-state index in [4.69, 9.17) is 11.0 Å². The van der Waals surface area contributed by atoms with Crippen LogP contribution in [0.3, 0.4) is 0 Å². The summed E-state index contributed by atoms with van der Waals surface area (Å²) in [6.45, 7) is 9.32. The molecule has 2 aromatic heterocycles. The lowest BCUT2D eigenvalue weighted by Gasteiger charge is -2.46. The molecule has 0 fully saturated rings. The minimum Gasteiger partial charge on any atom is -0.311 e. The quantitative estimate of drug-likeness (QED) is 0.164. The van der Waals surface area contributed by atoms with Gasteiger partial charge in [0.05, 0.1) is 83.0 Å². The molecule has 0 spiro atoms. The van der Waals surface area contributed by atoms with Crippen molar-refractivity contribution in [1.82, 2.24) is 9.13 Å². The van der Waals surface area contributed by atoms with Gasteiger partial charge in [0.1, 0.15) is 0 Å². The van der Waals surface area contributed by atoms with E-state index in [0.29, 0.717) is 0 Å². The Balaban J connectivity index is 1.20. The summed E-state index contributed by atoms with van der Waals surface area (Å²) in [5.74, 6) is 0. The number of anilines is 6. The lowest BCUT2D eigenvalue weighted by Crippen LogP contribution is -2.61. The highest BCUT2D eigenvalue weighted by molar-refractivity contribution is 7.00. The molecular formula is C67H53BN4. The van der Waals surface area contributed by atoms with E-state index in [9.17, 15) is 32.9 Å². The van der Waals surface area contributed by atoms with E-state index in [1.165, 1.54) is 6.92 Å². The van der Waals surface area contributed by atoms with Crippen LogP contribution in [0.2, 0.25) is 0 Å². The van der Waals surface area contributed by atoms with Crippen molar-refractivity contribution in [2.45, 2.75) is 59.3 Å². The largest absolute Gasteiger partial charge is 0.311 e. The van der Waals surface area contributed by atoms with E-state index < -0.39 is 311 Å². The topological polar surface area (TPSA) is 16.3 Å². The van der Waals surface area contributed by atoms with E-state index >= 15 is 0 Å². The summed E-state index contributed by atoms with van der Waals surface area (Å²) >= 11 is 0. The zero-order chi connectivity index (χ0) is 76.4. The Morgan fingerprint density at radius 3 is 1.75 bits per heavy atom. The van der Waals surface area contributed by atoms with Crippen LogP contribution in [-0.2, 0) is 10.8 Å². The Morgan fingerprint density at radius 2 is 1.01 bits per heavy atom. The smallest absolute Gasteiger partial charge is 0.252 e. The van der Waals surface area contributed by atoms with Gasteiger partial charge in [0.2, 0.25) is 0 Å². The fourth-order valence-electron chi connectivity index (χ4n) is 10.3. The first-order valence-electron chi connectivity index (χ1n) is 39.0. The number of hydrogen-bond acceptors (Lipinski definition) is 2. The van der Waals surface area contributed by atoms with Gasteiger partial charge in [-0.1, -0.05) is 156 Å². The van der Waals surface area contributed by atoms with Gasteiger partial charge in [-0.25, -0.2) is 0 Å². The summed E-state index contributed by atoms with van der Waals surface area (Å²) in [5.41, 5.74) is -12.3. The molecule has 5 heteroatoms. The standard InChI is InChI=1S/C67H53BN4/c1-40-35-61-63-62(36-40)72-58-23-13-20-50-49-18-10-11-22-55(49)71(64(50)58)59-24-14-21-54(65(59)72)68(63)53-32-31-46(39-60(53)69(61)45-29-25-42(26-30-45)48-19-12-16-41-15-8-9-17-47(41)48)70-56-33-27-43(66(2,3)4)37-51(56)52-38-44(67(5,6)7)28-34-57(52)70/h8-39H,1-7H3/i8D,9D,10D,11D,12D,13D,14D,15D,16D,17D,18D,19D,20D,21D,22D,23D,24D,25D,26D,27D,28D,29D,30D,31D,32D,33D,34D,35D,36D,37D,38D,39D. The maximum Gasteiger partial charge on any atom is 0.252 e. The Hall–Kier alpha value is -8.28. The molecule has 12 aromatic rings. The van der Waals surface area contributed by atoms with E-state index in [0.717, 1.165) is 18.9 Å². The molecule has 0 aliphatic carbocycles. The van der Waals surface area contributed by atoms with Gasteiger partial charge in [-0.2, -0.15) is 0 Å². The highest BCUT2D eigenvalue weighted by Gasteiger charge is 2.46. The third-order valence-corrected chi connectivity index (χ3v) is 13.6. The highest BCUT2D eigenvalue weighted by Crippen LogP contribution is 2.53. The molecule has 10 aromatic carbocycles. The van der Waals surface area contributed by atoms with Gasteiger partial charge in [-0.15, -0.1) is 0 Å². The van der Waals surface area contributed by atoms with E-state index in [2.05, 4.69) is 0 Å². The number of benzene rings is 10. The summed E-state index contributed by atoms with van der Waals surface area (Å²) in [5, 5.41) is -2.50. The minimum atomic E-state index is -2.02. The number of fused-ring (bicyclic) bond motifs is 13. The third-order valence-electron chi connectivity index (χ3n) is 13.6. The van der Waals surface area contributed by atoms with E-state index in [-0.39, 0.29) is 43.8 Å². The maximum absolute atomic E-state index is 11.1. The zero-order valence-corrected chi connectivity index (χ0v) is 39.4. The second-order valence-corrected chi connectivity index (χ2v) is 20.1.